The van der Waals surface area contributed by atoms with Gasteiger partial charge in [0.2, 0.25) is 0 Å². The number of anilines is 1. The molecule has 4 heterocycles. The highest BCUT2D eigenvalue weighted by molar-refractivity contribution is 7.15. The molecule has 0 spiro atoms. The standard InChI is InChI=1S/C34H37N5O5S/c1-19-20(2)45-33-30(19)31(35-27(16-28(40)41)32-37-36-21(3)39(32)33)23-7-10-25(11-8-23)38-14-13-22-9-12-26(15-24(22)17-38)43-18-29(42)44-34(4,5)6/h7-12,15,27H,13-14,16-18H2,1-6H3,(H,40,41)/t27-/m0/s1. The van der Waals surface area contributed by atoms with Gasteiger partial charge in [0.25, 0.3) is 0 Å². The van der Waals surface area contributed by atoms with Gasteiger partial charge in [-0.15, -0.1) is 21.5 Å². The van der Waals surface area contributed by atoms with Crippen LogP contribution in [0.1, 0.15) is 77.6 Å². The maximum atomic E-state index is 12.1. The number of carbonyl (C=O) groups is 2. The minimum Gasteiger partial charge on any atom is -0.482 e. The van der Waals surface area contributed by atoms with Crippen molar-refractivity contribution in [3.63, 3.8) is 0 Å². The summed E-state index contributed by atoms with van der Waals surface area (Å²) in [5.41, 5.74) is 6.74. The van der Waals surface area contributed by atoms with Crippen molar-refractivity contribution in [2.24, 2.45) is 4.99 Å². The van der Waals surface area contributed by atoms with Gasteiger partial charge in [0.15, 0.2) is 12.4 Å². The molecule has 0 saturated heterocycles. The lowest BCUT2D eigenvalue weighted by molar-refractivity contribution is -0.157. The van der Waals surface area contributed by atoms with Crippen LogP contribution in [0.5, 0.6) is 5.75 Å². The molecule has 1 N–H and O–H groups in total. The van der Waals surface area contributed by atoms with Gasteiger partial charge in [0, 0.05) is 34.8 Å². The van der Waals surface area contributed by atoms with Crippen molar-refractivity contribution in [2.75, 3.05) is 18.1 Å². The van der Waals surface area contributed by atoms with E-state index in [1.807, 2.05) is 44.4 Å². The number of nitrogens with zero attached hydrogens (tertiary/aromatic N) is 5. The molecule has 4 aromatic rings. The molecule has 6 rings (SSSR count). The fourth-order valence-electron chi connectivity index (χ4n) is 5.88. The Bertz CT molecular complexity index is 1820. The van der Waals surface area contributed by atoms with E-state index in [2.05, 4.69) is 59.3 Å². The number of aliphatic imine (C=N–C) groups is 1. The largest absolute Gasteiger partial charge is 0.482 e. The zero-order valence-corrected chi connectivity index (χ0v) is 27.2. The fraction of sp³-hybridized carbons (Fsp3) is 0.382. The first-order valence-electron chi connectivity index (χ1n) is 15.0. The van der Waals surface area contributed by atoms with Gasteiger partial charge >= 0.3 is 11.9 Å². The Morgan fingerprint density at radius 3 is 2.51 bits per heavy atom. The zero-order chi connectivity index (χ0) is 32.0. The van der Waals surface area contributed by atoms with Gasteiger partial charge in [-0.25, -0.2) is 4.79 Å². The van der Waals surface area contributed by atoms with E-state index in [-0.39, 0.29) is 13.0 Å². The number of hydrogen-bond donors (Lipinski definition) is 1. The van der Waals surface area contributed by atoms with Crippen molar-refractivity contribution in [3.05, 3.63) is 86.8 Å². The molecule has 2 aliphatic heterocycles. The topological polar surface area (TPSA) is 119 Å². The Hall–Kier alpha value is -4.51. The molecule has 10 nitrogen and oxygen atoms in total. The van der Waals surface area contributed by atoms with Crippen molar-refractivity contribution in [1.82, 2.24) is 14.8 Å². The summed E-state index contributed by atoms with van der Waals surface area (Å²) >= 11 is 1.65. The van der Waals surface area contributed by atoms with Crippen molar-refractivity contribution in [2.45, 2.75) is 72.6 Å². The number of carbonyl (C=O) groups excluding carboxylic acids is 1. The highest BCUT2D eigenvalue weighted by Gasteiger charge is 2.32. The SMILES string of the molecule is Cc1sc2c(c1C)C(c1ccc(N3CCc4ccc(OCC(=O)OC(C)(C)C)cc4C3)cc1)=N[C@@H](CC(=O)O)c1nnc(C)n1-2. The average molecular weight is 628 g/mol. The van der Waals surface area contributed by atoms with Crippen LogP contribution in [-0.2, 0) is 27.3 Å². The number of esters is 1. The monoisotopic (exact) mass is 627 g/mol. The van der Waals surface area contributed by atoms with E-state index >= 15 is 0 Å². The summed E-state index contributed by atoms with van der Waals surface area (Å²) in [5, 5.41) is 19.3. The maximum absolute atomic E-state index is 12.1. The second-order valence-electron chi connectivity index (χ2n) is 12.5. The van der Waals surface area contributed by atoms with E-state index in [1.165, 1.54) is 10.4 Å². The fourth-order valence-corrected chi connectivity index (χ4v) is 7.09. The number of carboxylic acid groups (broad SMARTS) is 1. The molecule has 0 amide bonds. The molecule has 11 heteroatoms. The summed E-state index contributed by atoms with van der Waals surface area (Å²) in [4.78, 5) is 32.5. The predicted molar refractivity (Wildman–Crippen MR) is 173 cm³/mol. The van der Waals surface area contributed by atoms with Gasteiger partial charge in [-0.05, 0) is 88.9 Å². The summed E-state index contributed by atoms with van der Waals surface area (Å²) in [6, 6.07) is 13.7. The van der Waals surface area contributed by atoms with E-state index in [4.69, 9.17) is 14.5 Å². The summed E-state index contributed by atoms with van der Waals surface area (Å²) in [6.45, 7) is 13.0. The maximum Gasteiger partial charge on any atom is 0.344 e. The van der Waals surface area contributed by atoms with Crippen LogP contribution in [0.3, 0.4) is 0 Å². The van der Waals surface area contributed by atoms with E-state index < -0.39 is 23.6 Å². The lowest BCUT2D eigenvalue weighted by Gasteiger charge is -2.31. The van der Waals surface area contributed by atoms with Crippen LogP contribution < -0.4 is 9.64 Å². The first kappa shape index (κ1) is 30.5. The lowest BCUT2D eigenvalue weighted by atomic mass is 9.97. The number of thiophene rings is 1. The third kappa shape index (κ3) is 6.22. The Labute approximate surface area is 266 Å². The van der Waals surface area contributed by atoms with E-state index in [0.29, 0.717) is 23.9 Å². The molecule has 234 valence electrons. The molecule has 0 fully saturated rings. The van der Waals surface area contributed by atoms with Crippen molar-refractivity contribution < 1.29 is 24.2 Å². The molecule has 2 aromatic carbocycles. The molecule has 2 aromatic heterocycles. The van der Waals surface area contributed by atoms with Gasteiger partial charge in [-0.2, -0.15) is 0 Å². The Morgan fingerprint density at radius 1 is 1.04 bits per heavy atom. The highest BCUT2D eigenvalue weighted by Crippen LogP contribution is 2.40. The Balaban J connectivity index is 1.26. The average Bonchev–Trinajstić information content (AvgIpc) is 3.46. The Morgan fingerprint density at radius 2 is 1.80 bits per heavy atom. The smallest absolute Gasteiger partial charge is 0.344 e. The number of rotatable bonds is 7. The van der Waals surface area contributed by atoms with Gasteiger partial charge in [-0.3, -0.25) is 14.4 Å². The number of aromatic nitrogens is 3. The Kier molecular flexibility index (Phi) is 7.98. The molecule has 0 bridgehead atoms. The second-order valence-corrected chi connectivity index (χ2v) is 13.7. The quantitative estimate of drug-likeness (QED) is 0.252. The number of aliphatic carboxylic acids is 1. The number of fused-ring (bicyclic) bond motifs is 4. The molecule has 2 aliphatic rings. The van der Waals surface area contributed by atoms with Crippen molar-refractivity contribution >= 4 is 34.7 Å². The van der Waals surface area contributed by atoms with Gasteiger partial charge in [0.1, 0.15) is 28.2 Å². The third-order valence-electron chi connectivity index (χ3n) is 8.08. The molecule has 0 saturated carbocycles. The first-order chi connectivity index (χ1) is 21.4. The first-order valence-corrected chi connectivity index (χ1v) is 15.8. The number of ether oxygens (including phenoxy) is 2. The highest BCUT2D eigenvalue weighted by atomic mass is 32.1. The molecule has 0 unspecified atom stereocenters. The summed E-state index contributed by atoms with van der Waals surface area (Å²) < 4.78 is 13.1. The van der Waals surface area contributed by atoms with Gasteiger partial charge in [-0.1, -0.05) is 18.2 Å². The summed E-state index contributed by atoms with van der Waals surface area (Å²) in [7, 11) is 0. The molecule has 0 radical (unpaired) electrons. The van der Waals surface area contributed by atoms with E-state index in [9.17, 15) is 14.7 Å². The van der Waals surface area contributed by atoms with Crippen molar-refractivity contribution in [3.8, 4) is 10.8 Å². The molecule has 45 heavy (non-hydrogen) atoms. The third-order valence-corrected chi connectivity index (χ3v) is 9.27. The van der Waals surface area contributed by atoms with Gasteiger partial charge in [0.05, 0.1) is 12.1 Å². The van der Waals surface area contributed by atoms with Gasteiger partial charge < -0.3 is 19.5 Å². The summed E-state index contributed by atoms with van der Waals surface area (Å²) in [6.07, 6.45) is 0.714. The predicted octanol–water partition coefficient (Wildman–Crippen LogP) is 5.90. The number of aryl methyl sites for hydroxylation is 2. The number of hydrogen-bond acceptors (Lipinski definition) is 9. The van der Waals surface area contributed by atoms with Crippen LogP contribution >= 0.6 is 11.3 Å². The molecular weight excluding hydrogens is 590 g/mol. The van der Waals surface area contributed by atoms with E-state index in [1.54, 1.807) is 11.3 Å². The van der Waals surface area contributed by atoms with Crippen LogP contribution in [0.4, 0.5) is 5.69 Å². The minimum atomic E-state index is -0.937. The van der Waals surface area contributed by atoms with Crippen molar-refractivity contribution in [1.29, 1.82) is 0 Å². The normalized spacial score (nSPS) is 15.8. The van der Waals surface area contributed by atoms with Crippen LogP contribution in [0.15, 0.2) is 47.5 Å². The number of benzene rings is 2. The zero-order valence-electron chi connectivity index (χ0n) is 26.4. The minimum absolute atomic E-state index is 0.138. The molecule has 1 atom stereocenters. The van der Waals surface area contributed by atoms with Crippen LogP contribution in [0, 0.1) is 20.8 Å². The molecular formula is C34H37N5O5S. The number of carboxylic acids is 1. The van der Waals surface area contributed by atoms with E-state index in [0.717, 1.165) is 51.6 Å². The lowest BCUT2D eigenvalue weighted by Crippen LogP contribution is -2.30. The molecule has 0 aliphatic carbocycles. The van der Waals surface area contributed by atoms with Crippen LogP contribution in [0.2, 0.25) is 0 Å². The summed E-state index contributed by atoms with van der Waals surface area (Å²) in [5.74, 6) is 0.560. The van der Waals surface area contributed by atoms with Crippen LogP contribution in [-0.4, -0.2) is 56.3 Å². The van der Waals surface area contributed by atoms with Crippen LogP contribution in [0.25, 0.3) is 5.00 Å². The second kappa shape index (κ2) is 11.8.